The minimum absolute atomic E-state index is 0.0302. The van der Waals surface area contributed by atoms with Gasteiger partial charge in [0.15, 0.2) is 11.5 Å². The van der Waals surface area contributed by atoms with Crippen LogP contribution in [0.25, 0.3) is 11.3 Å². The first-order chi connectivity index (χ1) is 17.3. The molecule has 0 radical (unpaired) electrons. The van der Waals surface area contributed by atoms with Crippen LogP contribution in [0.3, 0.4) is 0 Å². The van der Waals surface area contributed by atoms with Gasteiger partial charge in [-0.25, -0.2) is 19.4 Å². The molecule has 0 bridgehead atoms. The van der Waals surface area contributed by atoms with Crippen molar-refractivity contribution in [1.29, 1.82) is 0 Å². The van der Waals surface area contributed by atoms with Crippen molar-refractivity contribution >= 4 is 23.7 Å². The van der Waals surface area contributed by atoms with Crippen LogP contribution in [-0.4, -0.2) is 49.1 Å². The van der Waals surface area contributed by atoms with Crippen LogP contribution >= 0.6 is 0 Å². The molecule has 188 valence electrons. The molecule has 0 aliphatic carbocycles. The fraction of sp³-hybridized carbons (Fsp3) is 0.320. The summed E-state index contributed by atoms with van der Waals surface area (Å²) in [7, 11) is 0. The van der Waals surface area contributed by atoms with Crippen LogP contribution in [0.5, 0.6) is 0 Å². The molecule has 2 aromatic heterocycles. The number of nitrogens with two attached hydrogens (primary N) is 2. The maximum absolute atomic E-state index is 12.7. The normalized spacial score (nSPS) is 15.8. The van der Waals surface area contributed by atoms with E-state index in [4.69, 9.17) is 11.6 Å². The summed E-state index contributed by atoms with van der Waals surface area (Å²) in [5.41, 5.74) is 7.79. The van der Waals surface area contributed by atoms with Crippen LogP contribution in [0.2, 0.25) is 0 Å². The lowest BCUT2D eigenvalue weighted by Gasteiger charge is -2.26. The van der Waals surface area contributed by atoms with E-state index in [1.54, 1.807) is 30.5 Å². The lowest BCUT2D eigenvalue weighted by Crippen LogP contribution is -2.36. The van der Waals surface area contributed by atoms with Crippen molar-refractivity contribution in [1.82, 2.24) is 19.5 Å². The third-order valence-electron chi connectivity index (χ3n) is 6.36. The number of nitrogens with one attached hydrogen (secondary N) is 1. The predicted molar refractivity (Wildman–Crippen MR) is 134 cm³/mol. The number of hydrogen-bond donors (Lipinski definition) is 4. The number of primary amides is 1. The summed E-state index contributed by atoms with van der Waals surface area (Å²) < 4.78 is 1.09. The number of carboxylic acid groups (broad SMARTS) is 1. The molecule has 4 rings (SSSR count). The molecule has 11 nitrogen and oxygen atoms in total. The summed E-state index contributed by atoms with van der Waals surface area (Å²) in [4.78, 5) is 47.0. The number of amides is 3. The smallest absolute Gasteiger partial charge is 0.407 e. The molecule has 1 aromatic carbocycles. The third kappa shape index (κ3) is 4.99. The zero-order chi connectivity index (χ0) is 25.8. The minimum Gasteiger partial charge on any atom is -0.465 e. The number of likely N-dealkylation sites (tertiary alicyclic amines) is 1. The minimum atomic E-state index is -1.07. The van der Waals surface area contributed by atoms with Crippen molar-refractivity contribution in [3.8, 4) is 11.3 Å². The molecule has 0 saturated carbocycles. The number of benzene rings is 1. The van der Waals surface area contributed by atoms with E-state index in [1.165, 1.54) is 4.90 Å². The molecule has 1 aliphatic heterocycles. The SMILES string of the molecule is CCc1ccnc(NC(=O)c2ccc(-c3nc(C4CCCCCN4C(=O)O)n(N)c3C(N)=O)cc2)c1. The summed E-state index contributed by atoms with van der Waals surface area (Å²) in [6, 6.07) is 9.59. The van der Waals surface area contributed by atoms with Gasteiger partial charge in [-0.05, 0) is 49.1 Å². The highest BCUT2D eigenvalue weighted by molar-refractivity contribution is 6.04. The van der Waals surface area contributed by atoms with Gasteiger partial charge in [-0.1, -0.05) is 31.9 Å². The van der Waals surface area contributed by atoms with Crippen molar-refractivity contribution in [3.05, 3.63) is 65.2 Å². The van der Waals surface area contributed by atoms with Crippen LogP contribution in [0.1, 0.15) is 70.9 Å². The molecule has 1 saturated heterocycles. The van der Waals surface area contributed by atoms with Gasteiger partial charge in [-0.2, -0.15) is 0 Å². The van der Waals surface area contributed by atoms with Gasteiger partial charge in [0.25, 0.3) is 11.8 Å². The van der Waals surface area contributed by atoms with E-state index in [0.717, 1.165) is 35.9 Å². The van der Waals surface area contributed by atoms with Crippen LogP contribution in [-0.2, 0) is 6.42 Å². The number of nitrogen functional groups attached to an aromatic ring is 1. The number of carbonyl (C=O) groups is 3. The van der Waals surface area contributed by atoms with Gasteiger partial charge in [0, 0.05) is 23.9 Å². The van der Waals surface area contributed by atoms with Crippen molar-refractivity contribution in [3.63, 3.8) is 0 Å². The number of aryl methyl sites for hydroxylation is 1. The number of aromatic nitrogens is 3. The van der Waals surface area contributed by atoms with Crippen molar-refractivity contribution in [2.24, 2.45) is 5.73 Å². The van der Waals surface area contributed by atoms with Gasteiger partial charge in [-0.3, -0.25) is 14.5 Å². The monoisotopic (exact) mass is 491 g/mol. The highest BCUT2D eigenvalue weighted by Crippen LogP contribution is 2.33. The molecule has 1 atom stereocenters. The van der Waals surface area contributed by atoms with E-state index in [9.17, 15) is 19.5 Å². The van der Waals surface area contributed by atoms with Crippen molar-refractivity contribution in [2.75, 3.05) is 17.7 Å². The fourth-order valence-electron chi connectivity index (χ4n) is 4.46. The van der Waals surface area contributed by atoms with Gasteiger partial charge >= 0.3 is 6.09 Å². The first-order valence-electron chi connectivity index (χ1n) is 11.8. The molecule has 3 amide bonds. The predicted octanol–water partition coefficient (Wildman–Crippen LogP) is 3.17. The second-order valence-corrected chi connectivity index (χ2v) is 8.68. The van der Waals surface area contributed by atoms with Crippen LogP contribution in [0.15, 0.2) is 42.6 Å². The number of rotatable bonds is 6. The van der Waals surface area contributed by atoms with Gasteiger partial charge in [0.1, 0.15) is 11.5 Å². The van der Waals surface area contributed by atoms with Crippen molar-refractivity contribution in [2.45, 2.75) is 45.1 Å². The molecular formula is C25H29N7O4. The zero-order valence-electron chi connectivity index (χ0n) is 20.0. The maximum Gasteiger partial charge on any atom is 0.407 e. The summed E-state index contributed by atoms with van der Waals surface area (Å²) >= 11 is 0. The number of nitrogens with zero attached hydrogens (tertiary/aromatic N) is 4. The Morgan fingerprint density at radius 2 is 1.89 bits per heavy atom. The van der Waals surface area contributed by atoms with Crippen molar-refractivity contribution < 1.29 is 19.5 Å². The highest BCUT2D eigenvalue weighted by atomic mass is 16.4. The van der Waals surface area contributed by atoms with E-state index in [1.807, 2.05) is 19.1 Å². The van der Waals surface area contributed by atoms with Gasteiger partial charge in [0.05, 0.1) is 6.04 Å². The molecule has 36 heavy (non-hydrogen) atoms. The largest absolute Gasteiger partial charge is 0.465 e. The summed E-state index contributed by atoms with van der Waals surface area (Å²) in [5, 5.41) is 12.5. The molecule has 0 spiro atoms. The number of anilines is 1. The number of pyridine rings is 1. The lowest BCUT2D eigenvalue weighted by molar-refractivity contribution is 0.0990. The Hall–Kier alpha value is -4.41. The van der Waals surface area contributed by atoms with E-state index in [2.05, 4.69) is 15.3 Å². The number of imidazole rings is 1. The Morgan fingerprint density at radius 1 is 1.14 bits per heavy atom. The molecule has 6 N–H and O–H groups in total. The van der Waals surface area contributed by atoms with Gasteiger partial charge in [-0.15, -0.1) is 0 Å². The van der Waals surface area contributed by atoms with E-state index < -0.39 is 18.0 Å². The number of hydrogen-bond acceptors (Lipinski definition) is 6. The molecule has 3 heterocycles. The Labute approximate surface area is 208 Å². The van der Waals surface area contributed by atoms with Gasteiger partial charge in [0.2, 0.25) is 0 Å². The average Bonchev–Trinajstić information content (AvgIpc) is 3.03. The lowest BCUT2D eigenvalue weighted by atomic mass is 10.1. The fourth-order valence-corrected chi connectivity index (χ4v) is 4.46. The Bertz CT molecular complexity index is 1290. The van der Waals surface area contributed by atoms with Crippen LogP contribution in [0, 0.1) is 0 Å². The third-order valence-corrected chi connectivity index (χ3v) is 6.36. The van der Waals surface area contributed by atoms with E-state index in [-0.39, 0.29) is 23.1 Å². The summed E-state index contributed by atoms with van der Waals surface area (Å²) in [6.07, 6.45) is 4.37. The maximum atomic E-state index is 12.7. The second-order valence-electron chi connectivity index (χ2n) is 8.68. The van der Waals surface area contributed by atoms with E-state index in [0.29, 0.717) is 29.9 Å². The molecule has 3 aromatic rings. The number of carbonyl (C=O) groups excluding carboxylic acids is 2. The topological polar surface area (TPSA) is 169 Å². The molecule has 1 unspecified atom stereocenters. The first kappa shape index (κ1) is 24.7. The summed E-state index contributed by atoms with van der Waals surface area (Å²) in [6.45, 7) is 2.37. The van der Waals surface area contributed by atoms with Crippen LogP contribution < -0.4 is 16.9 Å². The zero-order valence-corrected chi connectivity index (χ0v) is 20.0. The van der Waals surface area contributed by atoms with Gasteiger partial charge < -0.3 is 22.0 Å². The Morgan fingerprint density at radius 3 is 2.56 bits per heavy atom. The average molecular weight is 492 g/mol. The molecule has 1 fully saturated rings. The Kier molecular flexibility index (Phi) is 7.18. The highest BCUT2D eigenvalue weighted by Gasteiger charge is 2.33. The molecule has 11 heteroatoms. The van der Waals surface area contributed by atoms with E-state index >= 15 is 0 Å². The quantitative estimate of drug-likeness (QED) is 0.384. The summed E-state index contributed by atoms with van der Waals surface area (Å²) in [5.74, 6) is 5.83. The second kappa shape index (κ2) is 10.5. The molecular weight excluding hydrogens is 462 g/mol. The molecule has 1 aliphatic rings. The first-order valence-corrected chi connectivity index (χ1v) is 11.8. The standard InChI is InChI=1S/C25H29N7O4/c1-2-15-11-12-28-19(14-15)29-24(34)17-9-7-16(8-10-17)20-21(22(26)33)32(27)23(30-20)18-6-4-3-5-13-31(18)25(35)36/h7-12,14,18H,2-6,13,27H2,1H3,(H2,26,33)(H,35,36)(H,28,29,34). The Balaban J connectivity index is 1.64. The van der Waals surface area contributed by atoms with Crippen LogP contribution in [0.4, 0.5) is 10.6 Å².